The van der Waals surface area contributed by atoms with Gasteiger partial charge in [-0.1, -0.05) is 61.9 Å². The smallest absolute Gasteiger partial charge is 0.256 e. The number of anilines is 1. The number of benzene rings is 2. The van der Waals surface area contributed by atoms with Gasteiger partial charge in [0.1, 0.15) is 17.2 Å². The zero-order valence-corrected chi connectivity index (χ0v) is 22.3. The van der Waals surface area contributed by atoms with Crippen molar-refractivity contribution in [2.45, 2.75) is 32.7 Å². The summed E-state index contributed by atoms with van der Waals surface area (Å²) in [7, 11) is 1.62. The predicted molar refractivity (Wildman–Crippen MR) is 148 cm³/mol. The molecule has 0 aliphatic rings. The molecular formula is C28H34N8O3. The molecule has 39 heavy (non-hydrogen) atoms. The number of aromatic nitrogens is 6. The maximum atomic E-state index is 12.9. The van der Waals surface area contributed by atoms with E-state index in [1.54, 1.807) is 13.3 Å². The SMILES string of the molecule is CCCCc1ncc(C(=O)NCCOCCOC)c(NCc2ccc(-c3ccccc3-c3nn[nH]n3)cc2)n1. The van der Waals surface area contributed by atoms with Gasteiger partial charge in [-0.2, -0.15) is 5.21 Å². The highest BCUT2D eigenvalue weighted by atomic mass is 16.5. The van der Waals surface area contributed by atoms with E-state index >= 15 is 0 Å². The highest BCUT2D eigenvalue weighted by Crippen LogP contribution is 2.29. The van der Waals surface area contributed by atoms with Crippen molar-refractivity contribution in [1.29, 1.82) is 0 Å². The number of carbonyl (C=O) groups excluding carboxylic acids is 1. The molecule has 204 valence electrons. The molecule has 0 saturated heterocycles. The van der Waals surface area contributed by atoms with Gasteiger partial charge in [-0.25, -0.2) is 9.97 Å². The van der Waals surface area contributed by atoms with Gasteiger partial charge in [-0.3, -0.25) is 4.79 Å². The Bertz CT molecular complexity index is 1310. The molecule has 0 bridgehead atoms. The van der Waals surface area contributed by atoms with Gasteiger partial charge < -0.3 is 20.1 Å². The molecule has 4 rings (SSSR count). The maximum absolute atomic E-state index is 12.9. The van der Waals surface area contributed by atoms with Crippen molar-refractivity contribution in [3.8, 4) is 22.5 Å². The number of amides is 1. The molecule has 0 saturated carbocycles. The molecule has 0 atom stereocenters. The topological polar surface area (TPSA) is 140 Å². The molecule has 11 heteroatoms. The second-order valence-electron chi connectivity index (χ2n) is 8.84. The summed E-state index contributed by atoms with van der Waals surface area (Å²) in [6.45, 7) is 4.40. The number of hydrogen-bond donors (Lipinski definition) is 3. The summed E-state index contributed by atoms with van der Waals surface area (Å²) < 4.78 is 10.4. The van der Waals surface area contributed by atoms with Gasteiger partial charge in [-0.15, -0.1) is 10.2 Å². The maximum Gasteiger partial charge on any atom is 0.256 e. The number of rotatable bonds is 15. The van der Waals surface area contributed by atoms with E-state index in [-0.39, 0.29) is 5.91 Å². The van der Waals surface area contributed by atoms with Gasteiger partial charge >= 0.3 is 0 Å². The third-order valence-electron chi connectivity index (χ3n) is 6.04. The number of carbonyl (C=O) groups is 1. The first kappa shape index (κ1) is 27.8. The van der Waals surface area contributed by atoms with E-state index in [1.165, 1.54) is 0 Å². The molecule has 0 unspecified atom stereocenters. The largest absolute Gasteiger partial charge is 0.382 e. The zero-order valence-electron chi connectivity index (χ0n) is 22.3. The number of nitrogens with one attached hydrogen (secondary N) is 3. The van der Waals surface area contributed by atoms with Crippen LogP contribution in [0.4, 0.5) is 5.82 Å². The van der Waals surface area contributed by atoms with Crippen LogP contribution in [0.15, 0.2) is 54.7 Å². The van der Waals surface area contributed by atoms with Gasteiger partial charge in [0.15, 0.2) is 0 Å². The number of ether oxygens (including phenoxy) is 2. The molecule has 2 aromatic carbocycles. The van der Waals surface area contributed by atoms with E-state index in [1.807, 2.05) is 36.4 Å². The molecule has 2 heterocycles. The first-order valence-corrected chi connectivity index (χ1v) is 13.1. The first-order valence-electron chi connectivity index (χ1n) is 13.1. The summed E-state index contributed by atoms with van der Waals surface area (Å²) in [4.78, 5) is 22.0. The fourth-order valence-corrected chi connectivity index (χ4v) is 3.94. The van der Waals surface area contributed by atoms with Crippen LogP contribution in [0.25, 0.3) is 22.5 Å². The van der Waals surface area contributed by atoms with E-state index < -0.39 is 0 Å². The minimum atomic E-state index is -0.247. The number of nitrogens with zero attached hydrogens (tertiary/aromatic N) is 5. The highest BCUT2D eigenvalue weighted by molar-refractivity contribution is 5.98. The van der Waals surface area contributed by atoms with Crippen LogP contribution in [0.2, 0.25) is 0 Å². The van der Waals surface area contributed by atoms with Gasteiger partial charge in [0.2, 0.25) is 5.82 Å². The number of hydrogen-bond acceptors (Lipinski definition) is 9. The molecule has 2 aromatic heterocycles. The molecule has 0 spiro atoms. The van der Waals surface area contributed by atoms with E-state index in [4.69, 9.17) is 9.47 Å². The second kappa shape index (κ2) is 14.6. The predicted octanol–water partition coefficient (Wildman–Crippen LogP) is 3.67. The highest BCUT2D eigenvalue weighted by Gasteiger charge is 2.15. The fraction of sp³-hybridized carbons (Fsp3) is 0.357. The second-order valence-corrected chi connectivity index (χ2v) is 8.84. The minimum absolute atomic E-state index is 0.247. The Hall–Kier alpha value is -4.22. The number of unbranched alkanes of at least 4 members (excludes halogenated alkanes) is 1. The number of aromatic amines is 1. The van der Waals surface area contributed by atoms with Crippen LogP contribution in [0.5, 0.6) is 0 Å². The number of tetrazole rings is 1. The van der Waals surface area contributed by atoms with E-state index in [9.17, 15) is 4.79 Å². The van der Waals surface area contributed by atoms with Crippen molar-refractivity contribution in [1.82, 2.24) is 35.9 Å². The summed E-state index contributed by atoms with van der Waals surface area (Å²) in [5.74, 6) is 1.53. The molecule has 0 radical (unpaired) electrons. The van der Waals surface area contributed by atoms with Gasteiger partial charge in [-0.05, 0) is 28.3 Å². The summed E-state index contributed by atoms with van der Waals surface area (Å²) in [6, 6.07) is 16.1. The average molecular weight is 531 g/mol. The lowest BCUT2D eigenvalue weighted by molar-refractivity contribution is 0.0692. The van der Waals surface area contributed by atoms with Gasteiger partial charge in [0, 0.05) is 38.4 Å². The standard InChI is InChI=1S/C28H34N8O3/c1-3-4-9-25-30-19-24(28(37)29-14-15-39-17-16-38-2)26(32-25)31-18-20-10-12-21(13-11-20)22-7-5-6-8-23(22)27-33-35-36-34-27/h5-8,10-13,19H,3-4,9,14-18H2,1-2H3,(H,29,37)(H,30,31,32)(H,33,34,35,36). The Kier molecular flexibility index (Phi) is 10.4. The number of aryl methyl sites for hydroxylation is 1. The fourth-order valence-electron chi connectivity index (χ4n) is 3.94. The van der Waals surface area contributed by atoms with E-state index in [0.717, 1.165) is 41.5 Å². The number of H-pyrrole nitrogens is 1. The molecule has 11 nitrogen and oxygen atoms in total. The van der Waals surface area contributed by atoms with Crippen LogP contribution >= 0.6 is 0 Å². The van der Waals surface area contributed by atoms with Crippen molar-refractivity contribution in [3.05, 3.63) is 71.7 Å². The third-order valence-corrected chi connectivity index (χ3v) is 6.04. The van der Waals surface area contributed by atoms with Crippen LogP contribution in [-0.2, 0) is 22.4 Å². The minimum Gasteiger partial charge on any atom is -0.382 e. The molecule has 1 amide bonds. The normalized spacial score (nSPS) is 10.9. The lowest BCUT2D eigenvalue weighted by atomic mass is 9.98. The Balaban J connectivity index is 1.44. The summed E-state index contributed by atoms with van der Waals surface area (Å²) >= 11 is 0. The van der Waals surface area contributed by atoms with Crippen molar-refractivity contribution in [2.24, 2.45) is 0 Å². The van der Waals surface area contributed by atoms with Crippen molar-refractivity contribution >= 4 is 11.7 Å². The van der Waals surface area contributed by atoms with Crippen LogP contribution in [0, 0.1) is 0 Å². The Morgan fingerprint density at radius 1 is 1.03 bits per heavy atom. The van der Waals surface area contributed by atoms with Crippen LogP contribution < -0.4 is 10.6 Å². The summed E-state index contributed by atoms with van der Waals surface area (Å²) in [6.07, 6.45) is 4.38. The molecule has 3 N–H and O–H groups in total. The molecule has 0 aliphatic carbocycles. The average Bonchev–Trinajstić information content (AvgIpc) is 3.52. The van der Waals surface area contributed by atoms with Crippen LogP contribution in [-0.4, -0.2) is 70.0 Å². The molecule has 4 aromatic rings. The first-order chi connectivity index (χ1) is 19.2. The molecule has 0 fully saturated rings. The molecule has 0 aliphatic heterocycles. The van der Waals surface area contributed by atoms with Crippen LogP contribution in [0.1, 0.15) is 41.5 Å². The van der Waals surface area contributed by atoms with Gasteiger partial charge in [0.05, 0.1) is 19.8 Å². The lowest BCUT2D eigenvalue weighted by Crippen LogP contribution is -2.29. The summed E-state index contributed by atoms with van der Waals surface area (Å²) in [5.41, 5.74) is 4.40. The van der Waals surface area contributed by atoms with Crippen molar-refractivity contribution < 1.29 is 14.3 Å². The van der Waals surface area contributed by atoms with Crippen LogP contribution in [0.3, 0.4) is 0 Å². The van der Waals surface area contributed by atoms with Crippen molar-refractivity contribution in [3.63, 3.8) is 0 Å². The quantitative estimate of drug-likeness (QED) is 0.196. The summed E-state index contributed by atoms with van der Waals surface area (Å²) in [5, 5.41) is 20.7. The van der Waals surface area contributed by atoms with Gasteiger partial charge in [0.25, 0.3) is 5.91 Å². The zero-order chi connectivity index (χ0) is 27.3. The Morgan fingerprint density at radius 3 is 2.59 bits per heavy atom. The van der Waals surface area contributed by atoms with Crippen molar-refractivity contribution in [2.75, 3.05) is 38.8 Å². The lowest BCUT2D eigenvalue weighted by Gasteiger charge is -2.13. The molecular weight excluding hydrogens is 496 g/mol. The van der Waals surface area contributed by atoms with E-state index in [0.29, 0.717) is 55.9 Å². The Morgan fingerprint density at radius 2 is 1.85 bits per heavy atom. The number of methoxy groups -OCH3 is 1. The Labute approximate surface area is 227 Å². The van der Waals surface area contributed by atoms with E-state index in [2.05, 4.69) is 60.3 Å². The monoisotopic (exact) mass is 530 g/mol. The third kappa shape index (κ3) is 7.88.